The van der Waals surface area contributed by atoms with Crippen molar-refractivity contribution in [1.82, 2.24) is 15.2 Å². The molecule has 0 radical (unpaired) electrons. The van der Waals surface area contributed by atoms with Crippen molar-refractivity contribution in [2.24, 2.45) is 0 Å². The van der Waals surface area contributed by atoms with Gasteiger partial charge >= 0.3 is 0 Å². The fourth-order valence-corrected chi connectivity index (χ4v) is 3.13. The number of hydrogen-bond acceptors (Lipinski definition) is 4. The van der Waals surface area contributed by atoms with E-state index in [9.17, 15) is 0 Å². The second kappa shape index (κ2) is 6.89. The largest absolute Gasteiger partial charge is 0.467 e. The maximum absolute atomic E-state index is 5.65. The Hall–Kier alpha value is -1.92. The molecule has 0 unspecified atom stereocenters. The average molecular weight is 317 g/mol. The first-order valence-electron chi connectivity index (χ1n) is 7.31. The van der Waals surface area contributed by atoms with E-state index in [1.54, 1.807) is 19.6 Å². The molecule has 1 aliphatic rings. The molecule has 1 fully saturated rings. The Balaban J connectivity index is 1.88. The lowest BCUT2D eigenvalue weighted by molar-refractivity contribution is 0.177. The van der Waals surface area contributed by atoms with Gasteiger partial charge in [0.1, 0.15) is 11.8 Å². The maximum Gasteiger partial charge on any atom is 0.170 e. The van der Waals surface area contributed by atoms with Crippen LogP contribution in [0.15, 0.2) is 47.2 Å². The van der Waals surface area contributed by atoms with Gasteiger partial charge in [-0.05, 0) is 42.9 Å². The normalized spacial score (nSPS) is 21.1. The van der Waals surface area contributed by atoms with E-state index < -0.39 is 0 Å². The topological polar surface area (TPSA) is 50.5 Å². The van der Waals surface area contributed by atoms with Crippen LogP contribution < -0.4 is 5.32 Å². The Morgan fingerprint density at radius 1 is 1.36 bits per heavy atom. The first-order chi connectivity index (χ1) is 10.8. The highest BCUT2D eigenvalue weighted by Gasteiger charge is 2.40. The van der Waals surface area contributed by atoms with Crippen LogP contribution in [-0.2, 0) is 4.74 Å². The second-order valence-corrected chi connectivity index (χ2v) is 5.57. The minimum atomic E-state index is -0.0117. The monoisotopic (exact) mass is 317 g/mol. The van der Waals surface area contributed by atoms with Gasteiger partial charge in [-0.25, -0.2) is 0 Å². The molecule has 0 aromatic carbocycles. The van der Waals surface area contributed by atoms with Crippen molar-refractivity contribution < 1.29 is 9.15 Å². The smallest absolute Gasteiger partial charge is 0.170 e. The number of nitrogens with zero attached hydrogens (tertiary/aromatic N) is 2. The van der Waals surface area contributed by atoms with Crippen molar-refractivity contribution in [3.05, 3.63) is 54.2 Å². The molecule has 5 nitrogen and oxygen atoms in total. The number of methoxy groups -OCH3 is 1. The van der Waals surface area contributed by atoms with Crippen molar-refractivity contribution in [2.75, 3.05) is 20.3 Å². The van der Waals surface area contributed by atoms with Gasteiger partial charge in [0, 0.05) is 26.5 Å². The molecule has 1 N–H and O–H groups in total. The Morgan fingerprint density at radius 3 is 2.95 bits per heavy atom. The molecule has 1 aliphatic heterocycles. The number of aromatic nitrogens is 1. The second-order valence-electron chi connectivity index (χ2n) is 5.18. The highest BCUT2D eigenvalue weighted by molar-refractivity contribution is 7.80. The summed E-state index contributed by atoms with van der Waals surface area (Å²) < 4.78 is 10.8. The van der Waals surface area contributed by atoms with E-state index in [0.717, 1.165) is 29.5 Å². The quantitative estimate of drug-likeness (QED) is 0.653. The zero-order chi connectivity index (χ0) is 15.4. The number of rotatable bonds is 6. The number of hydrogen-bond donors (Lipinski definition) is 1. The Kier molecular flexibility index (Phi) is 4.70. The molecule has 3 heterocycles. The third kappa shape index (κ3) is 2.98. The summed E-state index contributed by atoms with van der Waals surface area (Å²) in [5, 5.41) is 4.11. The standard InChI is InChI=1S/C16H19N3O2S/c1-20-10-5-9-19-15(13-7-4-11-21-13)14(18-16(19)22)12-6-2-3-8-17-12/h2-4,6-8,11,14-15H,5,9-10H2,1H3,(H,18,22)/t14-,15-/m1/s1. The third-order valence-corrected chi connectivity index (χ3v) is 4.13. The summed E-state index contributed by atoms with van der Waals surface area (Å²) in [6.45, 7) is 1.52. The molecular weight excluding hydrogens is 298 g/mol. The molecule has 0 bridgehead atoms. The molecule has 2 aromatic heterocycles. The Morgan fingerprint density at radius 2 is 2.27 bits per heavy atom. The van der Waals surface area contributed by atoms with Crippen LogP contribution >= 0.6 is 12.2 Å². The van der Waals surface area contributed by atoms with Gasteiger partial charge in [0.05, 0.1) is 18.0 Å². The first-order valence-corrected chi connectivity index (χ1v) is 7.72. The van der Waals surface area contributed by atoms with Gasteiger partial charge < -0.3 is 19.4 Å². The van der Waals surface area contributed by atoms with E-state index in [1.807, 2.05) is 30.3 Å². The van der Waals surface area contributed by atoms with Gasteiger partial charge in [0.2, 0.25) is 0 Å². The molecule has 6 heteroatoms. The molecule has 2 aromatic rings. The number of thiocarbonyl (C=S) groups is 1. The first kappa shape index (κ1) is 15.0. The van der Waals surface area contributed by atoms with Crippen LogP contribution in [0, 0.1) is 0 Å². The van der Waals surface area contributed by atoms with Gasteiger partial charge in [-0.3, -0.25) is 4.98 Å². The molecule has 0 spiro atoms. The van der Waals surface area contributed by atoms with E-state index in [1.165, 1.54) is 0 Å². The van der Waals surface area contributed by atoms with Crippen LogP contribution in [0.2, 0.25) is 0 Å². The summed E-state index contributed by atoms with van der Waals surface area (Å²) >= 11 is 5.52. The summed E-state index contributed by atoms with van der Waals surface area (Å²) in [4.78, 5) is 6.63. The summed E-state index contributed by atoms with van der Waals surface area (Å²) in [7, 11) is 1.71. The van der Waals surface area contributed by atoms with E-state index in [0.29, 0.717) is 6.61 Å². The van der Waals surface area contributed by atoms with Crippen molar-refractivity contribution in [3.8, 4) is 0 Å². The van der Waals surface area contributed by atoms with Crippen molar-refractivity contribution in [1.29, 1.82) is 0 Å². The number of ether oxygens (including phenoxy) is 1. The van der Waals surface area contributed by atoms with E-state index in [-0.39, 0.29) is 12.1 Å². The van der Waals surface area contributed by atoms with Gasteiger partial charge in [-0.2, -0.15) is 0 Å². The maximum atomic E-state index is 5.65. The zero-order valence-electron chi connectivity index (χ0n) is 12.4. The zero-order valence-corrected chi connectivity index (χ0v) is 13.3. The lowest BCUT2D eigenvalue weighted by Crippen LogP contribution is -2.31. The van der Waals surface area contributed by atoms with Crippen LogP contribution in [0.1, 0.15) is 30.0 Å². The highest BCUT2D eigenvalue weighted by atomic mass is 32.1. The fraction of sp³-hybridized carbons (Fsp3) is 0.375. The van der Waals surface area contributed by atoms with Gasteiger partial charge in [0.15, 0.2) is 5.11 Å². The van der Waals surface area contributed by atoms with Gasteiger partial charge in [0.25, 0.3) is 0 Å². The molecule has 0 saturated carbocycles. The Bertz CT molecular complexity index is 603. The van der Waals surface area contributed by atoms with Crippen molar-refractivity contribution in [2.45, 2.75) is 18.5 Å². The number of nitrogens with one attached hydrogen (secondary N) is 1. The van der Waals surface area contributed by atoms with Crippen LogP contribution in [0.3, 0.4) is 0 Å². The third-order valence-electron chi connectivity index (χ3n) is 3.78. The van der Waals surface area contributed by atoms with Crippen LogP contribution in [0.4, 0.5) is 0 Å². The predicted molar refractivity (Wildman–Crippen MR) is 87.4 cm³/mol. The minimum absolute atomic E-state index is 0.00857. The molecule has 3 rings (SSSR count). The summed E-state index contributed by atoms with van der Waals surface area (Å²) in [5.74, 6) is 0.889. The van der Waals surface area contributed by atoms with Crippen molar-refractivity contribution >= 4 is 17.3 Å². The molecule has 0 amide bonds. The summed E-state index contributed by atoms with van der Waals surface area (Å²) in [6.07, 6.45) is 4.40. The lowest BCUT2D eigenvalue weighted by atomic mass is 10.0. The highest BCUT2D eigenvalue weighted by Crippen LogP contribution is 2.38. The van der Waals surface area contributed by atoms with Crippen LogP contribution in [0.5, 0.6) is 0 Å². The SMILES string of the molecule is COCCCN1C(=S)N[C@H](c2ccccn2)[C@H]1c1ccco1. The number of pyridine rings is 1. The molecule has 116 valence electrons. The summed E-state index contributed by atoms with van der Waals surface area (Å²) in [5.41, 5.74) is 0.959. The van der Waals surface area contributed by atoms with E-state index >= 15 is 0 Å². The Labute approximate surface area is 135 Å². The van der Waals surface area contributed by atoms with E-state index in [4.69, 9.17) is 21.4 Å². The minimum Gasteiger partial charge on any atom is -0.467 e. The summed E-state index contributed by atoms with van der Waals surface area (Å²) in [6, 6.07) is 9.79. The lowest BCUT2D eigenvalue weighted by Gasteiger charge is -2.25. The van der Waals surface area contributed by atoms with Gasteiger partial charge in [-0.1, -0.05) is 6.07 Å². The fourth-order valence-electron chi connectivity index (χ4n) is 2.79. The molecule has 1 saturated heterocycles. The van der Waals surface area contributed by atoms with Crippen LogP contribution in [0.25, 0.3) is 0 Å². The van der Waals surface area contributed by atoms with E-state index in [2.05, 4.69) is 15.2 Å². The van der Waals surface area contributed by atoms with Crippen LogP contribution in [-0.4, -0.2) is 35.3 Å². The van der Waals surface area contributed by atoms with Crippen molar-refractivity contribution in [3.63, 3.8) is 0 Å². The molecular formula is C16H19N3O2S. The molecule has 0 aliphatic carbocycles. The molecule has 22 heavy (non-hydrogen) atoms. The van der Waals surface area contributed by atoms with Gasteiger partial charge in [-0.15, -0.1) is 0 Å². The number of furan rings is 1. The predicted octanol–water partition coefficient (Wildman–Crippen LogP) is 2.68. The molecule has 2 atom stereocenters. The average Bonchev–Trinajstić information content (AvgIpc) is 3.17.